The van der Waals surface area contributed by atoms with Crippen molar-refractivity contribution in [2.24, 2.45) is 5.92 Å². The minimum atomic E-state index is 0.244. The molecule has 110 valence electrons. The Labute approximate surface area is 126 Å². The van der Waals surface area contributed by atoms with Crippen molar-refractivity contribution in [3.05, 3.63) is 59.0 Å². The molecular formula is C18H22N2O. The van der Waals surface area contributed by atoms with Gasteiger partial charge in [0.1, 0.15) is 11.8 Å². The SMILES string of the molecule is CC(C)Cc1ccc(C(C)NCc2ccc(C#N)o2)cc1. The number of hydrogen-bond acceptors (Lipinski definition) is 3. The van der Waals surface area contributed by atoms with Gasteiger partial charge in [0, 0.05) is 6.04 Å². The highest BCUT2D eigenvalue weighted by Crippen LogP contribution is 2.16. The fourth-order valence-corrected chi connectivity index (χ4v) is 2.32. The van der Waals surface area contributed by atoms with Crippen LogP contribution in [0.25, 0.3) is 0 Å². The minimum Gasteiger partial charge on any atom is -0.449 e. The molecule has 0 aliphatic carbocycles. The van der Waals surface area contributed by atoms with Crippen LogP contribution >= 0.6 is 0 Å². The van der Waals surface area contributed by atoms with E-state index in [-0.39, 0.29) is 6.04 Å². The number of nitrogens with one attached hydrogen (secondary N) is 1. The van der Waals surface area contributed by atoms with Gasteiger partial charge < -0.3 is 9.73 Å². The lowest BCUT2D eigenvalue weighted by molar-refractivity contribution is 0.453. The van der Waals surface area contributed by atoms with Crippen LogP contribution in [0.1, 0.15) is 49.5 Å². The van der Waals surface area contributed by atoms with Crippen molar-refractivity contribution in [3.63, 3.8) is 0 Å². The van der Waals surface area contributed by atoms with Crippen molar-refractivity contribution in [2.75, 3.05) is 0 Å². The van der Waals surface area contributed by atoms with Gasteiger partial charge in [-0.3, -0.25) is 0 Å². The van der Waals surface area contributed by atoms with Gasteiger partial charge in [-0.25, -0.2) is 0 Å². The summed E-state index contributed by atoms with van der Waals surface area (Å²) >= 11 is 0. The summed E-state index contributed by atoms with van der Waals surface area (Å²) in [4.78, 5) is 0. The topological polar surface area (TPSA) is 49.0 Å². The molecule has 1 aromatic heterocycles. The molecule has 1 unspecified atom stereocenters. The highest BCUT2D eigenvalue weighted by atomic mass is 16.3. The zero-order valence-electron chi connectivity index (χ0n) is 12.9. The van der Waals surface area contributed by atoms with Gasteiger partial charge in [0.2, 0.25) is 5.76 Å². The molecule has 3 nitrogen and oxygen atoms in total. The molecule has 1 heterocycles. The van der Waals surface area contributed by atoms with Crippen molar-refractivity contribution >= 4 is 0 Å². The van der Waals surface area contributed by atoms with E-state index in [2.05, 4.69) is 50.4 Å². The highest BCUT2D eigenvalue weighted by molar-refractivity contribution is 5.25. The molecule has 1 N–H and O–H groups in total. The summed E-state index contributed by atoms with van der Waals surface area (Å²) in [5.41, 5.74) is 2.64. The lowest BCUT2D eigenvalue weighted by atomic mass is 10.00. The van der Waals surface area contributed by atoms with Crippen molar-refractivity contribution < 1.29 is 4.42 Å². The molecule has 1 atom stereocenters. The standard InChI is InChI=1S/C18H22N2O/c1-13(2)10-15-4-6-16(7-5-15)14(3)20-12-18-9-8-17(11-19)21-18/h4-9,13-14,20H,10,12H2,1-3H3. The molecule has 0 spiro atoms. The molecule has 21 heavy (non-hydrogen) atoms. The Morgan fingerprint density at radius 2 is 1.81 bits per heavy atom. The van der Waals surface area contributed by atoms with Crippen LogP contribution in [-0.2, 0) is 13.0 Å². The van der Waals surface area contributed by atoms with Crippen molar-refractivity contribution in [1.82, 2.24) is 5.32 Å². The summed E-state index contributed by atoms with van der Waals surface area (Å²) in [5.74, 6) is 1.83. The lowest BCUT2D eigenvalue weighted by Crippen LogP contribution is -2.17. The maximum atomic E-state index is 8.73. The number of rotatable bonds is 6. The van der Waals surface area contributed by atoms with Crippen molar-refractivity contribution in [2.45, 2.75) is 39.8 Å². The molecule has 1 aromatic carbocycles. The largest absolute Gasteiger partial charge is 0.449 e. The van der Waals surface area contributed by atoms with E-state index in [0.717, 1.165) is 12.2 Å². The molecule has 2 aromatic rings. The molecule has 0 aliphatic rings. The number of hydrogen-bond donors (Lipinski definition) is 1. The Morgan fingerprint density at radius 1 is 1.10 bits per heavy atom. The van der Waals surface area contributed by atoms with Crippen LogP contribution in [0.4, 0.5) is 0 Å². The van der Waals surface area contributed by atoms with E-state index in [9.17, 15) is 0 Å². The lowest BCUT2D eigenvalue weighted by Gasteiger charge is -2.14. The number of nitrogens with zero attached hydrogens (tertiary/aromatic N) is 1. The van der Waals surface area contributed by atoms with Crippen LogP contribution < -0.4 is 5.32 Å². The maximum absolute atomic E-state index is 8.73. The highest BCUT2D eigenvalue weighted by Gasteiger charge is 2.07. The minimum absolute atomic E-state index is 0.244. The summed E-state index contributed by atoms with van der Waals surface area (Å²) in [5, 5.41) is 12.1. The zero-order valence-corrected chi connectivity index (χ0v) is 12.9. The third-order valence-electron chi connectivity index (χ3n) is 3.48. The average molecular weight is 282 g/mol. The monoisotopic (exact) mass is 282 g/mol. The normalized spacial score (nSPS) is 12.3. The third-order valence-corrected chi connectivity index (χ3v) is 3.48. The van der Waals surface area contributed by atoms with Crippen LogP contribution in [0.15, 0.2) is 40.8 Å². The Balaban J connectivity index is 1.90. The van der Waals surface area contributed by atoms with E-state index < -0.39 is 0 Å². The fraction of sp³-hybridized carbons (Fsp3) is 0.389. The average Bonchev–Trinajstić information content (AvgIpc) is 2.93. The summed E-state index contributed by atoms with van der Waals surface area (Å²) in [6, 6.07) is 14.5. The summed E-state index contributed by atoms with van der Waals surface area (Å²) in [7, 11) is 0. The summed E-state index contributed by atoms with van der Waals surface area (Å²) in [6.07, 6.45) is 1.12. The number of nitriles is 1. The zero-order chi connectivity index (χ0) is 15.2. The van der Waals surface area contributed by atoms with E-state index in [1.165, 1.54) is 11.1 Å². The van der Waals surface area contributed by atoms with E-state index in [1.807, 2.05) is 12.1 Å². The molecule has 0 aliphatic heterocycles. The molecular weight excluding hydrogens is 260 g/mol. The van der Waals surface area contributed by atoms with Gasteiger partial charge in [0.15, 0.2) is 0 Å². The van der Waals surface area contributed by atoms with E-state index in [0.29, 0.717) is 18.2 Å². The van der Waals surface area contributed by atoms with E-state index in [4.69, 9.17) is 9.68 Å². The molecule has 0 saturated heterocycles. The molecule has 0 saturated carbocycles. The Hall–Kier alpha value is -2.05. The van der Waals surface area contributed by atoms with Crippen LogP contribution in [0.3, 0.4) is 0 Å². The van der Waals surface area contributed by atoms with Gasteiger partial charge in [-0.15, -0.1) is 0 Å². The molecule has 0 radical (unpaired) electrons. The van der Waals surface area contributed by atoms with Gasteiger partial charge in [-0.05, 0) is 42.5 Å². The van der Waals surface area contributed by atoms with Crippen LogP contribution in [-0.4, -0.2) is 0 Å². The van der Waals surface area contributed by atoms with Crippen molar-refractivity contribution in [1.29, 1.82) is 5.26 Å². The first-order valence-corrected chi connectivity index (χ1v) is 7.39. The first-order chi connectivity index (χ1) is 10.1. The first kappa shape index (κ1) is 15.3. The van der Waals surface area contributed by atoms with Crippen LogP contribution in [0, 0.1) is 17.2 Å². The molecule has 0 fully saturated rings. The second-order valence-electron chi connectivity index (χ2n) is 5.82. The van der Waals surface area contributed by atoms with Gasteiger partial charge in [0.05, 0.1) is 6.54 Å². The second kappa shape index (κ2) is 7.10. The molecule has 3 heteroatoms. The van der Waals surface area contributed by atoms with E-state index in [1.54, 1.807) is 6.07 Å². The van der Waals surface area contributed by atoms with Crippen LogP contribution in [0.2, 0.25) is 0 Å². The Bertz CT molecular complexity index is 605. The van der Waals surface area contributed by atoms with Gasteiger partial charge in [0.25, 0.3) is 0 Å². The molecule has 2 rings (SSSR count). The van der Waals surface area contributed by atoms with E-state index >= 15 is 0 Å². The maximum Gasteiger partial charge on any atom is 0.203 e. The smallest absolute Gasteiger partial charge is 0.203 e. The predicted octanol–water partition coefficient (Wildman–Crippen LogP) is 4.20. The number of furan rings is 1. The number of benzene rings is 1. The van der Waals surface area contributed by atoms with Gasteiger partial charge >= 0.3 is 0 Å². The molecule has 0 bridgehead atoms. The Kier molecular flexibility index (Phi) is 5.19. The molecule has 0 amide bonds. The first-order valence-electron chi connectivity index (χ1n) is 7.39. The van der Waals surface area contributed by atoms with Gasteiger partial charge in [-0.1, -0.05) is 38.1 Å². The second-order valence-corrected chi connectivity index (χ2v) is 5.82. The van der Waals surface area contributed by atoms with Crippen molar-refractivity contribution in [3.8, 4) is 6.07 Å². The Morgan fingerprint density at radius 3 is 2.38 bits per heavy atom. The summed E-state index contributed by atoms with van der Waals surface area (Å²) < 4.78 is 5.36. The third kappa shape index (κ3) is 4.47. The van der Waals surface area contributed by atoms with Gasteiger partial charge in [-0.2, -0.15) is 5.26 Å². The predicted molar refractivity (Wildman–Crippen MR) is 83.7 cm³/mol. The quantitative estimate of drug-likeness (QED) is 0.863. The fourth-order valence-electron chi connectivity index (χ4n) is 2.32. The summed E-state index contributed by atoms with van der Waals surface area (Å²) in [6.45, 7) is 7.22. The van der Waals surface area contributed by atoms with Crippen LogP contribution in [0.5, 0.6) is 0 Å².